The van der Waals surface area contributed by atoms with E-state index in [0.717, 1.165) is 18.3 Å². The lowest BCUT2D eigenvalue weighted by Gasteiger charge is -1.93. The third kappa shape index (κ3) is 6.78. The molecule has 0 spiro atoms. The smallest absolute Gasteiger partial charge is 0.142 e. The molecule has 0 saturated heterocycles. The minimum Gasteiger partial charge on any atom is -0.299 e. The molecule has 0 aliphatic heterocycles. The van der Waals surface area contributed by atoms with Crippen molar-refractivity contribution in [1.82, 2.24) is 0 Å². The second-order valence-corrected chi connectivity index (χ2v) is 2.61. The van der Waals surface area contributed by atoms with Crippen molar-refractivity contribution in [3.8, 4) is 0 Å². The second kappa shape index (κ2) is 5.66. The summed E-state index contributed by atoms with van der Waals surface area (Å²) in [4.78, 5) is 9.88. The fourth-order valence-electron chi connectivity index (χ4n) is 0.789. The zero-order valence-corrected chi connectivity index (χ0v) is 7.13. The summed E-state index contributed by atoms with van der Waals surface area (Å²) < 4.78 is 0. The number of carbonyl (C=O) groups is 1. The van der Waals surface area contributed by atoms with E-state index >= 15 is 0 Å². The van der Waals surface area contributed by atoms with Crippen molar-refractivity contribution < 1.29 is 4.79 Å². The molecule has 0 heterocycles. The molecular weight excluding hydrogens is 136 g/mol. The fourth-order valence-corrected chi connectivity index (χ4v) is 0.789. The highest BCUT2D eigenvalue weighted by Gasteiger charge is 1.84. The molecule has 0 amide bonds. The minimum absolute atomic E-state index is 0.786. The molecule has 0 saturated carbocycles. The predicted molar refractivity (Wildman–Crippen MR) is 48.4 cm³/mol. The molecule has 0 bridgehead atoms. The highest BCUT2D eigenvalue weighted by Crippen LogP contribution is 2.03. The van der Waals surface area contributed by atoms with Gasteiger partial charge in [0.05, 0.1) is 0 Å². The number of hydrogen-bond donors (Lipinski definition) is 0. The molecule has 0 atom stereocenters. The van der Waals surface area contributed by atoms with E-state index in [0.29, 0.717) is 0 Å². The van der Waals surface area contributed by atoms with Crippen LogP contribution in [0, 0.1) is 0 Å². The van der Waals surface area contributed by atoms with Gasteiger partial charge in [-0.3, -0.25) is 4.79 Å². The van der Waals surface area contributed by atoms with Crippen molar-refractivity contribution in [2.45, 2.75) is 20.3 Å². The Hall–Kier alpha value is -1.11. The Kier molecular flexibility index (Phi) is 5.09. The van der Waals surface area contributed by atoms with Crippen LogP contribution in [0.1, 0.15) is 20.3 Å². The van der Waals surface area contributed by atoms with Crippen molar-refractivity contribution >= 4 is 6.29 Å². The number of rotatable bonds is 4. The standard InChI is InChI=1S/C10H14O/c1-9(2)8-10(3)6-4-5-7-11/h4-5,7-8H,1,6H2,2-3H3/b5-4+,10-8+. The molecule has 0 radical (unpaired) electrons. The normalized spacial score (nSPS) is 12.0. The van der Waals surface area contributed by atoms with Gasteiger partial charge in [0.25, 0.3) is 0 Å². The summed E-state index contributed by atoms with van der Waals surface area (Å²) >= 11 is 0. The first-order valence-corrected chi connectivity index (χ1v) is 3.60. The lowest BCUT2D eigenvalue weighted by molar-refractivity contribution is -0.104. The summed E-state index contributed by atoms with van der Waals surface area (Å²) in [6.45, 7) is 7.72. The Morgan fingerprint density at radius 1 is 1.45 bits per heavy atom. The summed E-state index contributed by atoms with van der Waals surface area (Å²) in [5.74, 6) is 0. The number of hydrogen-bond acceptors (Lipinski definition) is 1. The highest BCUT2D eigenvalue weighted by molar-refractivity contribution is 5.64. The van der Waals surface area contributed by atoms with E-state index < -0.39 is 0 Å². The summed E-state index contributed by atoms with van der Waals surface area (Å²) in [6, 6.07) is 0. The van der Waals surface area contributed by atoms with Crippen LogP contribution in [0.5, 0.6) is 0 Å². The molecular formula is C10H14O. The Balaban J connectivity index is 3.86. The van der Waals surface area contributed by atoms with Crippen molar-refractivity contribution in [2.75, 3.05) is 0 Å². The average molecular weight is 150 g/mol. The van der Waals surface area contributed by atoms with E-state index in [-0.39, 0.29) is 0 Å². The maximum atomic E-state index is 9.88. The van der Waals surface area contributed by atoms with Crippen molar-refractivity contribution in [1.29, 1.82) is 0 Å². The van der Waals surface area contributed by atoms with Crippen LogP contribution in [0.25, 0.3) is 0 Å². The van der Waals surface area contributed by atoms with Crippen LogP contribution in [0.15, 0.2) is 36.0 Å². The zero-order chi connectivity index (χ0) is 8.69. The first-order chi connectivity index (χ1) is 5.16. The Labute approximate surface area is 68.1 Å². The van der Waals surface area contributed by atoms with Crippen molar-refractivity contribution in [3.63, 3.8) is 0 Å². The summed E-state index contributed by atoms with van der Waals surface area (Å²) in [6.07, 6.45) is 6.96. The molecule has 11 heavy (non-hydrogen) atoms. The third-order valence-corrected chi connectivity index (χ3v) is 1.15. The Bertz CT molecular complexity index is 197. The molecule has 0 aromatic carbocycles. The first kappa shape index (κ1) is 9.89. The predicted octanol–water partition coefficient (Wildman–Crippen LogP) is 2.65. The van der Waals surface area contributed by atoms with Crippen molar-refractivity contribution in [2.24, 2.45) is 0 Å². The van der Waals surface area contributed by atoms with Gasteiger partial charge in [-0.25, -0.2) is 0 Å². The van der Waals surface area contributed by atoms with Gasteiger partial charge in [-0.15, -0.1) is 0 Å². The van der Waals surface area contributed by atoms with E-state index in [1.807, 2.05) is 26.0 Å². The average Bonchev–Trinajstić information content (AvgIpc) is 1.86. The molecule has 0 N–H and O–H groups in total. The van der Waals surface area contributed by atoms with Crippen LogP contribution in [-0.4, -0.2) is 6.29 Å². The van der Waals surface area contributed by atoms with Crippen LogP contribution in [0.4, 0.5) is 0 Å². The highest BCUT2D eigenvalue weighted by atomic mass is 16.1. The Morgan fingerprint density at radius 2 is 2.09 bits per heavy atom. The molecule has 1 heteroatoms. The fraction of sp³-hybridized carbons (Fsp3) is 0.300. The number of allylic oxidation sites excluding steroid dienone is 5. The molecule has 0 fully saturated rings. The quantitative estimate of drug-likeness (QED) is 0.342. The topological polar surface area (TPSA) is 17.1 Å². The van der Waals surface area contributed by atoms with Crippen LogP contribution in [0.3, 0.4) is 0 Å². The molecule has 60 valence electrons. The summed E-state index contributed by atoms with van der Waals surface area (Å²) in [7, 11) is 0. The summed E-state index contributed by atoms with van der Waals surface area (Å²) in [5.41, 5.74) is 2.26. The van der Waals surface area contributed by atoms with Gasteiger partial charge in [-0.05, 0) is 26.3 Å². The molecule has 0 aliphatic rings. The zero-order valence-electron chi connectivity index (χ0n) is 7.13. The van der Waals surface area contributed by atoms with E-state index in [2.05, 4.69) is 6.58 Å². The van der Waals surface area contributed by atoms with Crippen molar-refractivity contribution in [3.05, 3.63) is 36.0 Å². The van der Waals surface area contributed by atoms with Crippen LogP contribution in [-0.2, 0) is 4.79 Å². The summed E-state index contributed by atoms with van der Waals surface area (Å²) in [5, 5.41) is 0. The van der Waals surface area contributed by atoms with Gasteiger partial charge in [-0.1, -0.05) is 29.9 Å². The second-order valence-electron chi connectivity index (χ2n) is 2.61. The Morgan fingerprint density at radius 3 is 2.55 bits per heavy atom. The molecule has 1 nitrogen and oxygen atoms in total. The van der Waals surface area contributed by atoms with E-state index in [4.69, 9.17) is 0 Å². The lowest BCUT2D eigenvalue weighted by Crippen LogP contribution is -1.74. The van der Waals surface area contributed by atoms with Crippen LogP contribution < -0.4 is 0 Å². The van der Waals surface area contributed by atoms with Gasteiger partial charge < -0.3 is 0 Å². The first-order valence-electron chi connectivity index (χ1n) is 3.60. The van der Waals surface area contributed by atoms with Crippen LogP contribution >= 0.6 is 0 Å². The molecule has 0 unspecified atom stereocenters. The monoisotopic (exact) mass is 150 g/mol. The molecule has 0 aromatic heterocycles. The number of aldehydes is 1. The maximum absolute atomic E-state index is 9.88. The molecule has 0 aliphatic carbocycles. The van der Waals surface area contributed by atoms with E-state index in [9.17, 15) is 4.79 Å². The molecule has 0 aromatic rings. The van der Waals surface area contributed by atoms with Gasteiger partial charge in [0.1, 0.15) is 6.29 Å². The van der Waals surface area contributed by atoms with Gasteiger partial charge >= 0.3 is 0 Å². The van der Waals surface area contributed by atoms with E-state index in [1.54, 1.807) is 0 Å². The van der Waals surface area contributed by atoms with Gasteiger partial charge in [-0.2, -0.15) is 0 Å². The van der Waals surface area contributed by atoms with Gasteiger partial charge in [0.15, 0.2) is 0 Å². The van der Waals surface area contributed by atoms with Gasteiger partial charge in [0, 0.05) is 0 Å². The molecule has 0 rings (SSSR count). The van der Waals surface area contributed by atoms with Crippen LogP contribution in [0.2, 0.25) is 0 Å². The SMILES string of the molecule is C=C(C)/C=C(\C)C/C=C/C=O. The largest absolute Gasteiger partial charge is 0.299 e. The third-order valence-electron chi connectivity index (χ3n) is 1.15. The number of carbonyl (C=O) groups excluding carboxylic acids is 1. The minimum atomic E-state index is 0.786. The maximum Gasteiger partial charge on any atom is 0.142 e. The lowest BCUT2D eigenvalue weighted by atomic mass is 10.1. The van der Waals surface area contributed by atoms with Gasteiger partial charge in [0.2, 0.25) is 0 Å². The van der Waals surface area contributed by atoms with E-state index in [1.165, 1.54) is 11.6 Å².